The monoisotopic (exact) mass is 151 g/mol. The molecule has 0 fully saturated rings. The van der Waals surface area contributed by atoms with E-state index in [0.717, 1.165) is 0 Å². The van der Waals surface area contributed by atoms with Gasteiger partial charge in [-0.3, -0.25) is 0 Å². The van der Waals surface area contributed by atoms with Gasteiger partial charge in [-0.25, -0.2) is 0 Å². The molecule has 0 amide bonds. The first-order valence-electron chi connectivity index (χ1n) is 1.15. The molecule has 1 radical (unpaired) electrons. The summed E-state index contributed by atoms with van der Waals surface area (Å²) in [5.41, 5.74) is 0. The van der Waals surface area contributed by atoms with Gasteiger partial charge in [-0.2, -0.15) is 9.90 Å². The SMILES string of the molecule is C=CC=C.P.[Cu]. The summed E-state index contributed by atoms with van der Waals surface area (Å²) < 4.78 is 0. The van der Waals surface area contributed by atoms with Crippen LogP contribution in [0.4, 0.5) is 0 Å². The van der Waals surface area contributed by atoms with Crippen molar-refractivity contribution in [1.82, 2.24) is 0 Å². The van der Waals surface area contributed by atoms with E-state index in [0.29, 0.717) is 0 Å². The van der Waals surface area contributed by atoms with Crippen molar-refractivity contribution in [2.24, 2.45) is 0 Å². The summed E-state index contributed by atoms with van der Waals surface area (Å²) >= 11 is 0. The molecule has 0 saturated heterocycles. The van der Waals surface area contributed by atoms with Crippen LogP contribution in [0.15, 0.2) is 25.3 Å². The second-order valence-electron chi connectivity index (χ2n) is 0.471. The normalized spacial score (nSPS) is 3.33. The van der Waals surface area contributed by atoms with Crippen molar-refractivity contribution in [3.63, 3.8) is 0 Å². The van der Waals surface area contributed by atoms with Gasteiger partial charge in [0.15, 0.2) is 0 Å². The third kappa shape index (κ3) is 25.5. The fourth-order valence-corrected chi connectivity index (χ4v) is 0. The van der Waals surface area contributed by atoms with E-state index in [-0.39, 0.29) is 27.0 Å². The Balaban J connectivity index is -0.0000000450. The van der Waals surface area contributed by atoms with Gasteiger partial charge in [0, 0.05) is 17.1 Å². The number of allylic oxidation sites excluding steroid dienone is 2. The molecule has 0 aromatic carbocycles. The van der Waals surface area contributed by atoms with Crippen molar-refractivity contribution in [1.29, 1.82) is 0 Å². The maximum atomic E-state index is 3.36. The number of hydrogen-bond donors (Lipinski definition) is 0. The summed E-state index contributed by atoms with van der Waals surface area (Å²) in [7, 11) is 0. The Kier molecular flexibility index (Phi) is 48.5. The molecule has 0 heterocycles. The molecule has 0 bridgehead atoms. The minimum atomic E-state index is 0. The summed E-state index contributed by atoms with van der Waals surface area (Å²) in [5.74, 6) is 0. The summed E-state index contributed by atoms with van der Waals surface area (Å²) in [6.45, 7) is 6.72. The van der Waals surface area contributed by atoms with Gasteiger partial charge in [0.1, 0.15) is 0 Å². The molecule has 41 valence electrons. The third-order valence-electron chi connectivity index (χ3n) is 0.167. The Hall–Kier alpha value is 0.429. The first-order valence-corrected chi connectivity index (χ1v) is 1.15. The molecule has 0 rings (SSSR count). The first-order chi connectivity index (χ1) is 1.91. The zero-order valence-electron chi connectivity index (χ0n) is 3.58. The minimum absolute atomic E-state index is 0. The van der Waals surface area contributed by atoms with Crippen molar-refractivity contribution in [2.45, 2.75) is 0 Å². The third-order valence-corrected chi connectivity index (χ3v) is 0.167. The molecule has 0 spiro atoms. The molecule has 0 nitrogen and oxygen atoms in total. The maximum absolute atomic E-state index is 3.36. The predicted octanol–water partition coefficient (Wildman–Crippen LogP) is 1.41. The first kappa shape index (κ1) is 16.1. The Labute approximate surface area is 52.8 Å². The quantitative estimate of drug-likeness (QED) is 0.302. The molecule has 0 N–H and O–H groups in total. The van der Waals surface area contributed by atoms with Crippen molar-refractivity contribution in [3.05, 3.63) is 25.3 Å². The maximum Gasteiger partial charge on any atom is 0 e. The van der Waals surface area contributed by atoms with Crippen LogP contribution in [0.5, 0.6) is 0 Å². The molecule has 2 heteroatoms. The summed E-state index contributed by atoms with van der Waals surface area (Å²) in [5, 5.41) is 0. The van der Waals surface area contributed by atoms with Gasteiger partial charge in [0.2, 0.25) is 0 Å². The molecule has 0 aromatic heterocycles. The molecule has 1 atom stereocenters. The Morgan fingerprint density at radius 1 is 1.00 bits per heavy atom. The van der Waals surface area contributed by atoms with Gasteiger partial charge in [0.25, 0.3) is 0 Å². The average molecular weight is 152 g/mol. The molecule has 6 heavy (non-hydrogen) atoms. The molecular formula is C4H9CuP. The van der Waals surface area contributed by atoms with Gasteiger partial charge >= 0.3 is 0 Å². The Morgan fingerprint density at radius 3 is 1.17 bits per heavy atom. The second kappa shape index (κ2) is 18.0. The molecule has 0 aliphatic rings. The Morgan fingerprint density at radius 2 is 1.17 bits per heavy atom. The zero-order valence-corrected chi connectivity index (χ0v) is 5.93. The molecule has 0 aliphatic carbocycles. The summed E-state index contributed by atoms with van der Waals surface area (Å²) in [4.78, 5) is 0. The predicted molar refractivity (Wildman–Crippen MR) is 31.5 cm³/mol. The van der Waals surface area contributed by atoms with E-state index in [1.807, 2.05) is 0 Å². The fourth-order valence-electron chi connectivity index (χ4n) is 0. The van der Waals surface area contributed by atoms with E-state index >= 15 is 0 Å². The van der Waals surface area contributed by atoms with E-state index in [1.54, 1.807) is 12.2 Å². The van der Waals surface area contributed by atoms with Crippen LogP contribution in [0.2, 0.25) is 0 Å². The van der Waals surface area contributed by atoms with Gasteiger partial charge < -0.3 is 0 Å². The van der Waals surface area contributed by atoms with Crippen LogP contribution in [0.3, 0.4) is 0 Å². The molecule has 1 unspecified atom stereocenters. The topological polar surface area (TPSA) is 0 Å². The van der Waals surface area contributed by atoms with E-state index in [2.05, 4.69) is 13.2 Å². The van der Waals surface area contributed by atoms with Gasteiger partial charge in [-0.1, -0.05) is 25.3 Å². The molecule has 0 aromatic rings. The summed E-state index contributed by atoms with van der Waals surface area (Å²) in [6, 6.07) is 0. The minimum Gasteiger partial charge on any atom is -0.153 e. The van der Waals surface area contributed by atoms with Crippen LogP contribution in [0.1, 0.15) is 0 Å². The van der Waals surface area contributed by atoms with Crippen molar-refractivity contribution < 1.29 is 17.1 Å². The average Bonchev–Trinajstić information content (AvgIpc) is 1.37. The van der Waals surface area contributed by atoms with Gasteiger partial charge in [-0.15, -0.1) is 0 Å². The van der Waals surface area contributed by atoms with Crippen LogP contribution in [-0.4, -0.2) is 0 Å². The number of rotatable bonds is 1. The van der Waals surface area contributed by atoms with Crippen molar-refractivity contribution in [3.8, 4) is 0 Å². The van der Waals surface area contributed by atoms with Crippen LogP contribution in [0, 0.1) is 0 Å². The molecular weight excluding hydrogens is 143 g/mol. The van der Waals surface area contributed by atoms with Crippen LogP contribution in [0.25, 0.3) is 0 Å². The van der Waals surface area contributed by atoms with Gasteiger partial charge in [-0.05, 0) is 0 Å². The molecule has 0 saturated carbocycles. The van der Waals surface area contributed by atoms with E-state index < -0.39 is 0 Å². The van der Waals surface area contributed by atoms with Crippen LogP contribution in [-0.2, 0) is 17.1 Å². The Bertz CT molecular complexity index is 28.5. The second-order valence-corrected chi connectivity index (χ2v) is 0.471. The van der Waals surface area contributed by atoms with Gasteiger partial charge in [0.05, 0.1) is 0 Å². The fraction of sp³-hybridized carbons (Fsp3) is 0. The van der Waals surface area contributed by atoms with E-state index in [4.69, 9.17) is 0 Å². The van der Waals surface area contributed by atoms with Crippen molar-refractivity contribution in [2.75, 3.05) is 0 Å². The van der Waals surface area contributed by atoms with Crippen LogP contribution >= 0.6 is 9.90 Å². The summed E-state index contributed by atoms with van der Waals surface area (Å²) in [6.07, 6.45) is 3.28. The molecule has 0 aliphatic heterocycles. The van der Waals surface area contributed by atoms with Crippen LogP contribution < -0.4 is 0 Å². The standard InChI is InChI=1S/C4H6.Cu.H3P/c1-3-4-2;;/h3-4H,1-2H2;;1H3. The smallest absolute Gasteiger partial charge is 0 e. The number of hydrogen-bond acceptors (Lipinski definition) is 0. The largest absolute Gasteiger partial charge is 0.153 e. The van der Waals surface area contributed by atoms with E-state index in [9.17, 15) is 0 Å². The zero-order chi connectivity index (χ0) is 3.41. The van der Waals surface area contributed by atoms with Crippen molar-refractivity contribution >= 4 is 9.90 Å². The van der Waals surface area contributed by atoms with E-state index in [1.165, 1.54) is 0 Å².